The van der Waals surface area contributed by atoms with Gasteiger partial charge in [-0.3, -0.25) is 4.79 Å². The Bertz CT molecular complexity index is 1080. The van der Waals surface area contributed by atoms with Crippen LogP contribution in [-0.2, 0) is 10.2 Å². The summed E-state index contributed by atoms with van der Waals surface area (Å²) >= 11 is 12.3. The number of nitriles is 1. The van der Waals surface area contributed by atoms with Crippen LogP contribution < -0.4 is 10.6 Å². The molecule has 1 aliphatic heterocycles. The van der Waals surface area contributed by atoms with Crippen molar-refractivity contribution in [1.82, 2.24) is 10.6 Å². The summed E-state index contributed by atoms with van der Waals surface area (Å²) in [6.45, 7) is 4.55. The van der Waals surface area contributed by atoms with E-state index in [2.05, 4.69) is 11.4 Å². The van der Waals surface area contributed by atoms with Gasteiger partial charge in [-0.2, -0.15) is 18.4 Å². The molecule has 0 saturated carbocycles. The van der Waals surface area contributed by atoms with Crippen molar-refractivity contribution < 1.29 is 18.0 Å². The van der Waals surface area contributed by atoms with Gasteiger partial charge in [-0.1, -0.05) is 68.2 Å². The molecule has 0 bridgehead atoms. The molecule has 1 aliphatic rings. The van der Waals surface area contributed by atoms with Crippen molar-refractivity contribution >= 4 is 29.1 Å². The molecule has 1 saturated heterocycles. The first-order chi connectivity index (χ1) is 15.8. The molecule has 1 heterocycles. The van der Waals surface area contributed by atoms with Crippen molar-refractivity contribution in [2.75, 3.05) is 6.54 Å². The van der Waals surface area contributed by atoms with Crippen LogP contribution in [0.3, 0.4) is 0 Å². The highest BCUT2D eigenvalue weighted by Crippen LogP contribution is 2.51. The minimum atomic E-state index is -4.56. The molecule has 0 aliphatic carbocycles. The molecule has 1 amide bonds. The lowest BCUT2D eigenvalue weighted by atomic mass is 9.63. The van der Waals surface area contributed by atoms with E-state index in [-0.39, 0.29) is 5.41 Å². The zero-order chi connectivity index (χ0) is 25.3. The van der Waals surface area contributed by atoms with E-state index >= 15 is 0 Å². The van der Waals surface area contributed by atoms with E-state index in [1.54, 1.807) is 48.5 Å². The van der Waals surface area contributed by atoms with Gasteiger partial charge in [0.2, 0.25) is 5.91 Å². The molecular formula is C25H26Cl2F3N3O. The molecular weight excluding hydrogens is 486 g/mol. The van der Waals surface area contributed by atoms with Crippen LogP contribution in [0.25, 0.3) is 0 Å². The predicted molar refractivity (Wildman–Crippen MR) is 127 cm³/mol. The van der Waals surface area contributed by atoms with E-state index in [0.717, 1.165) is 0 Å². The fraction of sp³-hybridized carbons (Fsp3) is 0.440. The van der Waals surface area contributed by atoms with Crippen LogP contribution >= 0.6 is 23.2 Å². The van der Waals surface area contributed by atoms with E-state index < -0.39 is 42.0 Å². The maximum absolute atomic E-state index is 13.1. The number of nitrogens with one attached hydrogen (secondary N) is 2. The van der Waals surface area contributed by atoms with E-state index in [0.29, 0.717) is 27.6 Å². The van der Waals surface area contributed by atoms with E-state index in [9.17, 15) is 23.2 Å². The largest absolute Gasteiger partial charge is 0.405 e. The van der Waals surface area contributed by atoms with Gasteiger partial charge in [0.1, 0.15) is 12.0 Å². The maximum atomic E-state index is 13.1. The summed E-state index contributed by atoms with van der Waals surface area (Å²) in [7, 11) is 0. The quantitative estimate of drug-likeness (QED) is 0.517. The minimum absolute atomic E-state index is 0.248. The van der Waals surface area contributed by atoms with Gasteiger partial charge < -0.3 is 10.6 Å². The molecule has 34 heavy (non-hydrogen) atoms. The van der Waals surface area contributed by atoms with Crippen LogP contribution in [-0.4, -0.2) is 30.7 Å². The Morgan fingerprint density at radius 1 is 1.12 bits per heavy atom. The summed E-state index contributed by atoms with van der Waals surface area (Å²) in [6, 6.07) is 14.4. The lowest BCUT2D eigenvalue weighted by molar-refractivity contribution is -0.139. The van der Waals surface area contributed by atoms with Gasteiger partial charge in [0.15, 0.2) is 0 Å². The average Bonchev–Trinajstić information content (AvgIpc) is 3.05. The molecule has 4 atom stereocenters. The predicted octanol–water partition coefficient (Wildman–Crippen LogP) is 5.99. The number of carbonyl (C=O) groups excluding carboxylic acids is 1. The molecule has 2 N–H and O–H groups in total. The Balaban J connectivity index is 2.21. The van der Waals surface area contributed by atoms with Gasteiger partial charge in [-0.05, 0) is 47.2 Å². The summed E-state index contributed by atoms with van der Waals surface area (Å²) in [5.74, 6) is -1.63. The first-order valence-corrected chi connectivity index (χ1v) is 11.6. The van der Waals surface area contributed by atoms with Crippen LogP contribution in [0.15, 0.2) is 48.5 Å². The van der Waals surface area contributed by atoms with Gasteiger partial charge in [0, 0.05) is 22.0 Å². The Morgan fingerprint density at radius 2 is 1.76 bits per heavy atom. The third kappa shape index (κ3) is 5.68. The second kappa shape index (κ2) is 9.77. The monoisotopic (exact) mass is 511 g/mol. The highest BCUT2D eigenvalue weighted by molar-refractivity contribution is 6.30. The molecule has 1 fully saturated rings. The molecule has 2 aromatic carbocycles. The van der Waals surface area contributed by atoms with Gasteiger partial charge in [0.05, 0.1) is 12.1 Å². The summed E-state index contributed by atoms with van der Waals surface area (Å²) in [6.07, 6.45) is -4.07. The maximum Gasteiger partial charge on any atom is 0.405 e. The fourth-order valence-corrected chi connectivity index (χ4v) is 5.08. The van der Waals surface area contributed by atoms with Crippen LogP contribution in [0.2, 0.25) is 10.0 Å². The molecule has 9 heteroatoms. The van der Waals surface area contributed by atoms with Crippen molar-refractivity contribution in [2.24, 2.45) is 5.41 Å². The SMILES string of the molecule is CC(C)(C)CC1NC(C(=O)NCC(F)(F)F)C(c2cccc(Cl)c2)C1(C#N)c1ccc(Cl)cc1. The van der Waals surface area contributed by atoms with Crippen LogP contribution in [0.1, 0.15) is 44.2 Å². The summed E-state index contributed by atoms with van der Waals surface area (Å²) in [5, 5.41) is 16.8. The number of nitrogens with zero attached hydrogens (tertiary/aromatic N) is 1. The lowest BCUT2D eigenvalue weighted by Gasteiger charge is -2.37. The van der Waals surface area contributed by atoms with Gasteiger partial charge >= 0.3 is 6.18 Å². The summed E-state index contributed by atoms with van der Waals surface area (Å²) in [4.78, 5) is 13.1. The molecule has 182 valence electrons. The van der Waals surface area contributed by atoms with Crippen molar-refractivity contribution in [1.29, 1.82) is 5.26 Å². The lowest BCUT2D eigenvalue weighted by Crippen LogP contribution is -2.47. The van der Waals surface area contributed by atoms with Gasteiger partial charge in [-0.15, -0.1) is 0 Å². The zero-order valence-electron chi connectivity index (χ0n) is 19.0. The number of benzene rings is 2. The van der Waals surface area contributed by atoms with E-state index in [4.69, 9.17) is 23.2 Å². The second-order valence-corrected chi connectivity index (χ2v) is 10.7. The third-order valence-electron chi connectivity index (χ3n) is 6.03. The highest BCUT2D eigenvalue weighted by atomic mass is 35.5. The standard InChI is InChI=1S/C25H26Cl2F3N3O/c1-23(2,3)12-19-24(13-31,16-7-9-17(26)10-8-16)20(15-5-4-6-18(27)11-15)21(33-19)22(34)32-14-25(28,29)30/h4-11,19-21,33H,12,14H2,1-3H3,(H,32,34). The number of rotatable bonds is 5. The Morgan fingerprint density at radius 3 is 2.29 bits per heavy atom. The Kier molecular flexibility index (Phi) is 7.57. The molecule has 4 nitrogen and oxygen atoms in total. The van der Waals surface area contributed by atoms with Crippen molar-refractivity contribution in [3.63, 3.8) is 0 Å². The average molecular weight is 512 g/mol. The number of halogens is 5. The topological polar surface area (TPSA) is 64.9 Å². The second-order valence-electron chi connectivity index (χ2n) is 9.82. The van der Waals surface area contributed by atoms with Gasteiger partial charge in [-0.25, -0.2) is 0 Å². The number of amides is 1. The van der Waals surface area contributed by atoms with Crippen molar-refractivity contribution in [2.45, 2.75) is 56.8 Å². The number of alkyl halides is 3. The number of carbonyl (C=O) groups is 1. The normalized spacial score (nSPS) is 25.1. The minimum Gasteiger partial charge on any atom is -0.346 e. The van der Waals surface area contributed by atoms with Crippen molar-refractivity contribution in [3.8, 4) is 6.07 Å². The number of hydrogen-bond donors (Lipinski definition) is 2. The van der Waals surface area contributed by atoms with E-state index in [1.807, 2.05) is 26.1 Å². The molecule has 0 radical (unpaired) electrons. The zero-order valence-corrected chi connectivity index (χ0v) is 20.5. The third-order valence-corrected chi connectivity index (χ3v) is 6.52. The number of hydrogen-bond acceptors (Lipinski definition) is 3. The molecule has 0 aromatic heterocycles. The van der Waals surface area contributed by atoms with E-state index in [1.165, 1.54) is 0 Å². The fourth-order valence-electron chi connectivity index (χ4n) is 4.75. The van der Waals surface area contributed by atoms with Crippen LogP contribution in [0.4, 0.5) is 13.2 Å². The summed E-state index contributed by atoms with van der Waals surface area (Å²) < 4.78 is 38.6. The highest BCUT2D eigenvalue weighted by Gasteiger charge is 2.59. The molecule has 3 rings (SSSR count). The van der Waals surface area contributed by atoms with Gasteiger partial charge in [0.25, 0.3) is 0 Å². The smallest absolute Gasteiger partial charge is 0.346 e. The van der Waals surface area contributed by atoms with Crippen LogP contribution in [0, 0.1) is 16.7 Å². The Labute approximate surface area is 207 Å². The molecule has 0 spiro atoms. The molecule has 4 unspecified atom stereocenters. The molecule has 2 aromatic rings. The van der Waals surface area contributed by atoms with Crippen molar-refractivity contribution in [3.05, 3.63) is 69.7 Å². The first-order valence-electron chi connectivity index (χ1n) is 10.8. The Hall–Kier alpha value is -2.27. The first kappa shape index (κ1) is 26.3. The summed E-state index contributed by atoms with van der Waals surface area (Å²) in [5.41, 5.74) is -0.317. The van der Waals surface area contributed by atoms with Crippen LogP contribution in [0.5, 0.6) is 0 Å².